The fourth-order valence-electron chi connectivity index (χ4n) is 4.03. The van der Waals surface area contributed by atoms with E-state index in [4.69, 9.17) is 9.47 Å². The molecule has 8 nitrogen and oxygen atoms in total. The summed E-state index contributed by atoms with van der Waals surface area (Å²) in [5.74, 6) is 1.26. The maximum absolute atomic E-state index is 14.6. The molecule has 0 bridgehead atoms. The number of nitrogens with zero attached hydrogens (tertiary/aromatic N) is 3. The molecule has 2 aliphatic rings. The second-order valence-electron chi connectivity index (χ2n) is 7.51. The monoisotopic (exact) mass is 444 g/mol. The van der Waals surface area contributed by atoms with Crippen LogP contribution in [0.5, 0.6) is 5.75 Å². The number of sulfone groups is 1. The normalized spacial score (nSPS) is 16.1. The molecule has 0 amide bonds. The average molecular weight is 444 g/mol. The van der Waals surface area contributed by atoms with Crippen molar-refractivity contribution in [2.24, 2.45) is 0 Å². The Hall–Kier alpha value is -2.98. The van der Waals surface area contributed by atoms with Crippen molar-refractivity contribution >= 4 is 26.9 Å². The van der Waals surface area contributed by atoms with Gasteiger partial charge in [0.2, 0.25) is 5.95 Å². The second kappa shape index (κ2) is 7.61. The van der Waals surface area contributed by atoms with E-state index in [1.54, 1.807) is 16.5 Å². The van der Waals surface area contributed by atoms with Crippen molar-refractivity contribution in [3.8, 4) is 5.75 Å². The molecule has 5 rings (SSSR count). The van der Waals surface area contributed by atoms with E-state index in [1.807, 2.05) is 6.08 Å². The number of imidazole rings is 1. The Morgan fingerprint density at radius 1 is 1.23 bits per heavy atom. The summed E-state index contributed by atoms with van der Waals surface area (Å²) >= 11 is 0. The summed E-state index contributed by atoms with van der Waals surface area (Å²) in [6.07, 6.45) is 5.79. The highest BCUT2D eigenvalue weighted by molar-refractivity contribution is 7.90. The highest BCUT2D eigenvalue weighted by Gasteiger charge is 2.25. The average Bonchev–Trinajstić information content (AvgIpc) is 3.38. The van der Waals surface area contributed by atoms with Crippen LogP contribution >= 0.6 is 0 Å². The van der Waals surface area contributed by atoms with E-state index in [9.17, 15) is 12.8 Å². The van der Waals surface area contributed by atoms with Crippen LogP contribution in [0.1, 0.15) is 23.4 Å². The van der Waals surface area contributed by atoms with E-state index < -0.39 is 9.84 Å². The van der Waals surface area contributed by atoms with Gasteiger partial charge in [-0.15, -0.1) is 0 Å². The van der Waals surface area contributed by atoms with Crippen LogP contribution < -0.4 is 10.1 Å². The first-order valence-corrected chi connectivity index (χ1v) is 11.8. The molecular formula is C21H21FN4O4S. The third kappa shape index (κ3) is 3.55. The molecule has 0 radical (unpaired) electrons. The molecule has 162 valence electrons. The minimum absolute atomic E-state index is 0.0134. The van der Waals surface area contributed by atoms with Crippen LogP contribution in [0.2, 0.25) is 0 Å². The van der Waals surface area contributed by atoms with Crippen molar-refractivity contribution in [2.75, 3.05) is 31.4 Å². The first kappa shape index (κ1) is 20.0. The van der Waals surface area contributed by atoms with E-state index in [1.165, 1.54) is 12.3 Å². The molecule has 0 unspecified atom stereocenters. The first-order chi connectivity index (χ1) is 14.9. The lowest BCUT2D eigenvalue weighted by molar-refractivity contribution is 0.161. The fraction of sp³-hybridized carbons (Fsp3) is 0.333. The van der Waals surface area contributed by atoms with Gasteiger partial charge in [0.15, 0.2) is 14.9 Å². The van der Waals surface area contributed by atoms with E-state index in [2.05, 4.69) is 15.3 Å². The van der Waals surface area contributed by atoms with E-state index >= 15 is 0 Å². The highest BCUT2D eigenvalue weighted by Crippen LogP contribution is 2.32. The summed E-state index contributed by atoms with van der Waals surface area (Å²) in [6.45, 7) is 1.67. The molecule has 0 spiro atoms. The van der Waals surface area contributed by atoms with Crippen LogP contribution in [0.15, 0.2) is 35.5 Å². The Labute approximate surface area is 178 Å². The van der Waals surface area contributed by atoms with Crippen LogP contribution in [0, 0.1) is 5.82 Å². The lowest BCUT2D eigenvalue weighted by Crippen LogP contribution is -2.12. The quantitative estimate of drug-likeness (QED) is 0.646. The van der Waals surface area contributed by atoms with Crippen LogP contribution in [0.4, 0.5) is 10.3 Å². The number of fused-ring (bicyclic) bond motifs is 2. The summed E-state index contributed by atoms with van der Waals surface area (Å²) < 4.78 is 51.9. The van der Waals surface area contributed by atoms with Gasteiger partial charge >= 0.3 is 0 Å². The number of ether oxygens (including phenoxy) is 2. The van der Waals surface area contributed by atoms with Gasteiger partial charge in [0.1, 0.15) is 17.4 Å². The molecule has 10 heteroatoms. The van der Waals surface area contributed by atoms with Crippen LogP contribution in [-0.2, 0) is 27.5 Å². The minimum Gasteiger partial charge on any atom is -0.493 e. The van der Waals surface area contributed by atoms with Gasteiger partial charge in [-0.1, -0.05) is 6.08 Å². The molecule has 31 heavy (non-hydrogen) atoms. The largest absolute Gasteiger partial charge is 0.493 e. The van der Waals surface area contributed by atoms with E-state index in [0.717, 1.165) is 17.4 Å². The van der Waals surface area contributed by atoms with Gasteiger partial charge in [-0.3, -0.25) is 4.40 Å². The zero-order valence-corrected chi connectivity index (χ0v) is 17.7. The molecule has 4 heterocycles. The zero-order chi connectivity index (χ0) is 21.6. The molecule has 2 aliphatic heterocycles. The van der Waals surface area contributed by atoms with E-state index in [-0.39, 0.29) is 17.4 Å². The summed E-state index contributed by atoms with van der Waals surface area (Å²) in [5, 5.41) is 3.17. The smallest absolute Gasteiger partial charge is 0.209 e. The summed E-state index contributed by atoms with van der Waals surface area (Å²) in [7, 11) is -3.57. The highest BCUT2D eigenvalue weighted by atomic mass is 32.2. The van der Waals surface area contributed by atoms with Gasteiger partial charge in [0.25, 0.3) is 0 Å². The number of halogens is 1. The SMILES string of the molecule is CS(=O)(=O)c1nc(C2=CCOCC2)n2c(NCc3c(F)ccc4c3CCO4)nccc12. The van der Waals surface area contributed by atoms with Gasteiger partial charge in [0, 0.05) is 36.5 Å². The Balaban J connectivity index is 1.61. The number of aromatic nitrogens is 3. The van der Waals surface area contributed by atoms with Gasteiger partial charge < -0.3 is 14.8 Å². The molecule has 1 N–H and O–H groups in total. The van der Waals surface area contributed by atoms with Gasteiger partial charge in [-0.2, -0.15) is 0 Å². The molecule has 0 aliphatic carbocycles. The molecular weight excluding hydrogens is 423 g/mol. The Kier molecular flexibility index (Phi) is 4.90. The Morgan fingerprint density at radius 3 is 2.87 bits per heavy atom. The number of rotatable bonds is 5. The third-order valence-corrected chi connectivity index (χ3v) is 6.49. The fourth-order valence-corrected chi connectivity index (χ4v) is 4.82. The van der Waals surface area contributed by atoms with Crippen LogP contribution in [-0.4, -0.2) is 48.9 Å². The van der Waals surface area contributed by atoms with Crippen molar-refractivity contribution < 1.29 is 22.3 Å². The lowest BCUT2D eigenvalue weighted by atomic mass is 10.0. The predicted molar refractivity (Wildman–Crippen MR) is 112 cm³/mol. The third-order valence-electron chi connectivity index (χ3n) is 5.49. The Bertz CT molecular complexity index is 1320. The molecule has 1 aromatic carbocycles. The summed E-state index contributed by atoms with van der Waals surface area (Å²) in [4.78, 5) is 8.85. The molecule has 0 saturated heterocycles. The van der Waals surface area contributed by atoms with Crippen molar-refractivity contribution in [3.05, 3.63) is 53.2 Å². The number of benzene rings is 1. The number of hydrogen-bond donors (Lipinski definition) is 1. The van der Waals surface area contributed by atoms with Crippen molar-refractivity contribution in [1.29, 1.82) is 0 Å². The van der Waals surface area contributed by atoms with Crippen LogP contribution in [0.25, 0.3) is 11.1 Å². The van der Waals surface area contributed by atoms with Crippen molar-refractivity contribution in [1.82, 2.24) is 14.4 Å². The topological polar surface area (TPSA) is 94.8 Å². The molecule has 3 aromatic rings. The summed E-state index contributed by atoms with van der Waals surface area (Å²) in [6, 6.07) is 4.66. The number of hydrogen-bond acceptors (Lipinski definition) is 7. The van der Waals surface area contributed by atoms with Gasteiger partial charge in [-0.05, 0) is 30.2 Å². The lowest BCUT2D eigenvalue weighted by Gasteiger charge is -2.15. The maximum atomic E-state index is 14.6. The van der Waals surface area contributed by atoms with Gasteiger partial charge in [0.05, 0.1) is 25.3 Å². The molecule has 0 saturated carbocycles. The van der Waals surface area contributed by atoms with Crippen LogP contribution in [0.3, 0.4) is 0 Å². The molecule has 2 aromatic heterocycles. The second-order valence-corrected chi connectivity index (χ2v) is 9.44. The number of anilines is 1. The Morgan fingerprint density at radius 2 is 2.10 bits per heavy atom. The van der Waals surface area contributed by atoms with Crippen molar-refractivity contribution in [3.63, 3.8) is 0 Å². The molecule has 0 fully saturated rings. The van der Waals surface area contributed by atoms with Crippen molar-refractivity contribution in [2.45, 2.75) is 24.4 Å². The first-order valence-electron chi connectivity index (χ1n) is 9.95. The van der Waals surface area contributed by atoms with Gasteiger partial charge in [-0.25, -0.2) is 22.8 Å². The molecule has 0 atom stereocenters. The standard InChI is InChI=1S/C21H21FN4O4S/c1-31(27,28)20-17-4-8-23-21(26(17)19(25-20)13-5-9-29-10-6-13)24-12-15-14-7-11-30-18(14)3-2-16(15)22/h2-5,8H,6-7,9-12H2,1H3,(H,23,24). The maximum Gasteiger partial charge on any atom is 0.209 e. The predicted octanol–water partition coefficient (Wildman–Crippen LogP) is 2.62. The minimum atomic E-state index is -3.57. The zero-order valence-electron chi connectivity index (χ0n) is 16.9. The summed E-state index contributed by atoms with van der Waals surface area (Å²) in [5.41, 5.74) is 2.66. The number of nitrogens with one attached hydrogen (secondary N) is 1. The van der Waals surface area contributed by atoms with E-state index in [0.29, 0.717) is 61.3 Å².